The summed E-state index contributed by atoms with van der Waals surface area (Å²) in [5, 5.41) is 1.09. The van der Waals surface area contributed by atoms with Gasteiger partial charge in [0.2, 0.25) is 0 Å². The normalized spacial score (nSPS) is 10.7. The predicted molar refractivity (Wildman–Crippen MR) is 77.2 cm³/mol. The van der Waals surface area contributed by atoms with Crippen LogP contribution in [-0.2, 0) is 6.61 Å². The summed E-state index contributed by atoms with van der Waals surface area (Å²) in [5.74, 6) is 0.462. The first-order valence-electron chi connectivity index (χ1n) is 6.45. The highest BCUT2D eigenvalue weighted by atomic mass is 19.1. The number of fused-ring (bicyclic) bond motifs is 1. The molecule has 0 N–H and O–H groups in total. The number of rotatable bonds is 3. The Morgan fingerprint density at radius 1 is 1.10 bits per heavy atom. The van der Waals surface area contributed by atoms with Gasteiger partial charge in [-0.2, -0.15) is 0 Å². The summed E-state index contributed by atoms with van der Waals surface area (Å²) in [4.78, 5) is 4.28. The number of hydrogen-bond donors (Lipinski definition) is 0. The molecule has 0 atom stereocenters. The largest absolute Gasteiger partial charge is 0.489 e. The van der Waals surface area contributed by atoms with E-state index in [1.807, 2.05) is 31.2 Å². The second-order valence-electron chi connectivity index (χ2n) is 4.73. The number of ether oxygens (including phenoxy) is 1. The van der Waals surface area contributed by atoms with Crippen LogP contribution in [0, 0.1) is 12.7 Å². The summed E-state index contributed by atoms with van der Waals surface area (Å²) in [5.41, 5.74) is 2.83. The van der Waals surface area contributed by atoms with Crippen molar-refractivity contribution in [3.05, 3.63) is 71.7 Å². The van der Waals surface area contributed by atoms with Crippen LogP contribution in [0.15, 0.2) is 54.7 Å². The molecule has 0 aliphatic carbocycles. The van der Waals surface area contributed by atoms with Gasteiger partial charge in [0.1, 0.15) is 18.2 Å². The second-order valence-corrected chi connectivity index (χ2v) is 4.73. The van der Waals surface area contributed by atoms with Crippen LogP contribution in [0.2, 0.25) is 0 Å². The lowest BCUT2D eigenvalue weighted by atomic mass is 10.1. The average molecular weight is 267 g/mol. The first kappa shape index (κ1) is 12.6. The van der Waals surface area contributed by atoms with Crippen LogP contribution in [0.4, 0.5) is 4.39 Å². The molecule has 0 spiro atoms. The van der Waals surface area contributed by atoms with Crippen LogP contribution in [-0.4, -0.2) is 4.98 Å². The molecule has 1 heterocycles. The van der Waals surface area contributed by atoms with E-state index in [9.17, 15) is 4.39 Å². The van der Waals surface area contributed by atoms with Crippen LogP contribution in [0.5, 0.6) is 5.75 Å². The number of aryl methyl sites for hydroxylation is 1. The molecular weight excluding hydrogens is 253 g/mol. The van der Waals surface area contributed by atoms with Crippen molar-refractivity contribution < 1.29 is 9.13 Å². The van der Waals surface area contributed by atoms with Gasteiger partial charge in [-0.1, -0.05) is 12.1 Å². The van der Waals surface area contributed by atoms with Gasteiger partial charge in [0.05, 0.1) is 5.52 Å². The van der Waals surface area contributed by atoms with E-state index in [0.717, 1.165) is 22.0 Å². The molecule has 3 rings (SSSR count). The molecule has 2 aromatic carbocycles. The van der Waals surface area contributed by atoms with E-state index in [1.165, 1.54) is 12.1 Å². The van der Waals surface area contributed by atoms with Gasteiger partial charge >= 0.3 is 0 Å². The quantitative estimate of drug-likeness (QED) is 0.707. The van der Waals surface area contributed by atoms with Gasteiger partial charge in [0, 0.05) is 11.6 Å². The summed E-state index contributed by atoms with van der Waals surface area (Å²) in [6, 6.07) is 14.5. The van der Waals surface area contributed by atoms with E-state index in [-0.39, 0.29) is 5.82 Å². The Kier molecular flexibility index (Phi) is 3.33. The highest BCUT2D eigenvalue weighted by Crippen LogP contribution is 2.20. The van der Waals surface area contributed by atoms with E-state index in [1.54, 1.807) is 12.3 Å². The molecule has 0 unspecified atom stereocenters. The Morgan fingerprint density at radius 3 is 2.85 bits per heavy atom. The van der Waals surface area contributed by atoms with Crippen molar-refractivity contribution in [2.75, 3.05) is 0 Å². The zero-order valence-electron chi connectivity index (χ0n) is 11.1. The van der Waals surface area contributed by atoms with E-state index in [2.05, 4.69) is 11.1 Å². The van der Waals surface area contributed by atoms with E-state index >= 15 is 0 Å². The smallest absolute Gasteiger partial charge is 0.123 e. The van der Waals surface area contributed by atoms with Crippen molar-refractivity contribution in [1.29, 1.82) is 0 Å². The molecule has 1 aromatic heterocycles. The molecule has 0 fully saturated rings. The highest BCUT2D eigenvalue weighted by Gasteiger charge is 2.02. The van der Waals surface area contributed by atoms with Gasteiger partial charge in [-0.05, 0) is 54.4 Å². The van der Waals surface area contributed by atoms with Crippen LogP contribution >= 0.6 is 0 Å². The lowest BCUT2D eigenvalue weighted by Gasteiger charge is -2.09. The summed E-state index contributed by atoms with van der Waals surface area (Å²) < 4.78 is 18.8. The minimum absolute atomic E-state index is 0.244. The third kappa shape index (κ3) is 2.62. The molecule has 0 saturated carbocycles. The molecule has 100 valence electrons. The van der Waals surface area contributed by atoms with Crippen molar-refractivity contribution in [1.82, 2.24) is 4.98 Å². The fraction of sp³-hybridized carbons (Fsp3) is 0.118. The van der Waals surface area contributed by atoms with Crippen LogP contribution in [0.3, 0.4) is 0 Å². The summed E-state index contributed by atoms with van der Waals surface area (Å²) in [7, 11) is 0. The SMILES string of the molecule is Cc1cc(F)ccc1OCc1ccc2ncccc2c1. The standard InChI is InChI=1S/C17H14FNO/c1-12-9-15(18)5-7-17(12)20-11-13-4-6-16-14(10-13)3-2-8-19-16/h2-10H,11H2,1H3. The van der Waals surface area contributed by atoms with Gasteiger partial charge in [-0.15, -0.1) is 0 Å². The summed E-state index contributed by atoms with van der Waals surface area (Å²) in [6.07, 6.45) is 1.78. The summed E-state index contributed by atoms with van der Waals surface area (Å²) in [6.45, 7) is 2.29. The Bertz CT molecular complexity index is 755. The van der Waals surface area contributed by atoms with Gasteiger partial charge in [-0.25, -0.2) is 4.39 Å². The molecule has 0 amide bonds. The molecule has 20 heavy (non-hydrogen) atoms. The lowest BCUT2D eigenvalue weighted by Crippen LogP contribution is -1.97. The van der Waals surface area contributed by atoms with Crippen molar-refractivity contribution in [2.45, 2.75) is 13.5 Å². The predicted octanol–water partition coefficient (Wildman–Crippen LogP) is 4.26. The van der Waals surface area contributed by atoms with Gasteiger partial charge in [0.15, 0.2) is 0 Å². The molecular formula is C17H14FNO. The van der Waals surface area contributed by atoms with Crippen LogP contribution in [0.25, 0.3) is 10.9 Å². The number of halogens is 1. The number of benzene rings is 2. The van der Waals surface area contributed by atoms with Crippen molar-refractivity contribution in [3.63, 3.8) is 0 Å². The molecule has 3 heteroatoms. The Morgan fingerprint density at radius 2 is 2.00 bits per heavy atom. The van der Waals surface area contributed by atoms with Gasteiger partial charge < -0.3 is 4.74 Å². The highest BCUT2D eigenvalue weighted by molar-refractivity contribution is 5.78. The van der Waals surface area contributed by atoms with E-state index < -0.39 is 0 Å². The zero-order valence-corrected chi connectivity index (χ0v) is 11.1. The Hall–Kier alpha value is -2.42. The maximum Gasteiger partial charge on any atom is 0.123 e. The maximum absolute atomic E-state index is 13.0. The molecule has 0 aliphatic rings. The monoisotopic (exact) mass is 267 g/mol. The van der Waals surface area contributed by atoms with Crippen molar-refractivity contribution in [2.24, 2.45) is 0 Å². The van der Waals surface area contributed by atoms with E-state index in [0.29, 0.717) is 12.4 Å². The third-order valence-electron chi connectivity index (χ3n) is 3.20. The molecule has 0 radical (unpaired) electrons. The molecule has 3 aromatic rings. The number of pyridine rings is 1. The fourth-order valence-electron chi connectivity index (χ4n) is 2.15. The topological polar surface area (TPSA) is 22.1 Å². The molecule has 2 nitrogen and oxygen atoms in total. The molecule has 0 bridgehead atoms. The fourth-order valence-corrected chi connectivity index (χ4v) is 2.15. The maximum atomic E-state index is 13.0. The molecule has 0 aliphatic heterocycles. The van der Waals surface area contributed by atoms with Gasteiger partial charge in [0.25, 0.3) is 0 Å². The minimum atomic E-state index is -0.244. The number of hydrogen-bond acceptors (Lipinski definition) is 2. The van der Waals surface area contributed by atoms with Gasteiger partial charge in [-0.3, -0.25) is 4.98 Å². The van der Waals surface area contributed by atoms with E-state index in [4.69, 9.17) is 4.74 Å². The van der Waals surface area contributed by atoms with Crippen LogP contribution in [0.1, 0.15) is 11.1 Å². The third-order valence-corrected chi connectivity index (χ3v) is 3.20. The number of aromatic nitrogens is 1. The average Bonchev–Trinajstić information content (AvgIpc) is 2.46. The molecule has 0 saturated heterocycles. The Balaban J connectivity index is 1.79. The Labute approximate surface area is 116 Å². The first-order chi connectivity index (χ1) is 9.72. The minimum Gasteiger partial charge on any atom is -0.489 e. The second kappa shape index (κ2) is 5.29. The summed E-state index contributed by atoms with van der Waals surface area (Å²) >= 11 is 0. The van der Waals surface area contributed by atoms with Crippen molar-refractivity contribution >= 4 is 10.9 Å². The zero-order chi connectivity index (χ0) is 13.9. The first-order valence-corrected chi connectivity index (χ1v) is 6.45. The van der Waals surface area contributed by atoms with Crippen LogP contribution < -0.4 is 4.74 Å². The van der Waals surface area contributed by atoms with Crippen molar-refractivity contribution in [3.8, 4) is 5.75 Å². The lowest BCUT2D eigenvalue weighted by molar-refractivity contribution is 0.303. The number of nitrogens with zero attached hydrogens (tertiary/aromatic N) is 1.